The van der Waals surface area contributed by atoms with Crippen molar-refractivity contribution in [2.75, 3.05) is 0 Å². The Kier molecular flexibility index (Phi) is 7.15. The fourth-order valence-electron chi connectivity index (χ4n) is 4.14. The Morgan fingerprint density at radius 1 is 0.353 bits per heavy atom. The Hall–Kier alpha value is -2.07. The third kappa shape index (κ3) is 4.34. The van der Waals surface area contributed by atoms with Crippen LogP contribution in [0.1, 0.15) is 0 Å². The molecule has 34 heavy (non-hydrogen) atoms. The van der Waals surface area contributed by atoms with Crippen LogP contribution in [0.5, 0.6) is 0 Å². The van der Waals surface area contributed by atoms with Crippen LogP contribution < -0.4 is 32.1 Å². The normalized spacial score (nSPS) is 11.8. The van der Waals surface area contributed by atoms with Crippen molar-refractivity contribution in [3.63, 3.8) is 0 Å². The second kappa shape index (κ2) is 10.3. The first-order chi connectivity index (χ1) is 16.6. The first-order valence-corrected chi connectivity index (χ1v) is 19.1. The van der Waals surface area contributed by atoms with E-state index in [1.807, 2.05) is 0 Å². The molecule has 5 heteroatoms. The Morgan fingerprint density at radius 2 is 0.618 bits per heavy atom. The molecule has 0 saturated heterocycles. The second-order valence-electron chi connectivity index (χ2n) is 7.91. The van der Waals surface area contributed by atoms with Gasteiger partial charge in [0.25, 0.3) is 0 Å². The van der Waals surface area contributed by atoms with Crippen molar-refractivity contribution in [3.05, 3.63) is 140 Å². The predicted octanol–water partition coefficient (Wildman–Crippen LogP) is 3.84. The number of pyridine rings is 1. The van der Waals surface area contributed by atoms with Crippen LogP contribution in [0.4, 0.5) is 0 Å². The second-order valence-corrected chi connectivity index (χ2v) is 20.2. The van der Waals surface area contributed by atoms with E-state index in [4.69, 9.17) is 4.98 Å². The third-order valence-electron chi connectivity index (χ3n) is 5.84. The van der Waals surface area contributed by atoms with Crippen LogP contribution in [0.3, 0.4) is 0 Å². The van der Waals surface area contributed by atoms with Gasteiger partial charge >= 0.3 is 218 Å². The number of rotatable bonds is 6. The molecule has 0 bridgehead atoms. The zero-order chi connectivity index (χ0) is 23.4. The zero-order valence-electron chi connectivity index (χ0n) is 18.4. The summed E-state index contributed by atoms with van der Waals surface area (Å²) < 4.78 is 0. The number of aromatic nitrogens is 1. The van der Waals surface area contributed by atoms with Gasteiger partial charge in [0, 0.05) is 0 Å². The molecule has 4 aromatic carbocycles. The molecule has 0 aliphatic carbocycles. The topological polar surface area (TPSA) is 12.9 Å². The van der Waals surface area contributed by atoms with E-state index in [9.17, 15) is 0 Å². The van der Waals surface area contributed by atoms with Crippen molar-refractivity contribution in [1.82, 2.24) is 4.98 Å². The van der Waals surface area contributed by atoms with Crippen LogP contribution >= 0.6 is 11.0 Å². The summed E-state index contributed by atoms with van der Waals surface area (Å²) in [4.78, 5) is 5.46. The SMILES string of the molecule is [Se]=P(c1ccccc1)(c1ccccc1)c1cccc(P(=[Se])(c2ccccc2)c2ccccc2)n1. The molecule has 0 N–H and O–H groups in total. The van der Waals surface area contributed by atoms with Crippen LogP contribution in [0, 0.1) is 0 Å². The summed E-state index contributed by atoms with van der Waals surface area (Å²) in [5.41, 5.74) is -1.87. The molecule has 0 aliphatic rings. The van der Waals surface area contributed by atoms with Gasteiger partial charge in [0.2, 0.25) is 0 Å². The molecule has 0 radical (unpaired) electrons. The Labute approximate surface area is 216 Å². The van der Waals surface area contributed by atoms with E-state index in [1.54, 1.807) is 0 Å². The molecule has 5 rings (SSSR count). The Balaban J connectivity index is 1.76. The molecule has 5 aromatic rings. The van der Waals surface area contributed by atoms with E-state index < -0.39 is 11.0 Å². The summed E-state index contributed by atoms with van der Waals surface area (Å²) in [6.45, 7) is 0. The van der Waals surface area contributed by atoms with Gasteiger partial charge < -0.3 is 0 Å². The first kappa shape index (κ1) is 23.7. The van der Waals surface area contributed by atoms with E-state index in [2.05, 4.69) is 170 Å². The monoisotopic (exact) mass is 607 g/mol. The van der Waals surface area contributed by atoms with Gasteiger partial charge in [-0.2, -0.15) is 0 Å². The van der Waals surface area contributed by atoms with Crippen LogP contribution in [0.15, 0.2) is 140 Å². The molecule has 1 nitrogen and oxygen atoms in total. The quantitative estimate of drug-likeness (QED) is 0.212. The van der Waals surface area contributed by atoms with Crippen LogP contribution in [-0.4, -0.2) is 35.2 Å². The molecule has 0 fully saturated rings. The fraction of sp³-hybridized carbons (Fsp3) is 0. The molecule has 1 heterocycles. The number of hydrogen-bond acceptors (Lipinski definition) is 1. The maximum absolute atomic E-state index is 5.46. The van der Waals surface area contributed by atoms with Crippen molar-refractivity contribution in [2.45, 2.75) is 0 Å². The zero-order valence-corrected chi connectivity index (χ0v) is 23.7. The van der Waals surface area contributed by atoms with Gasteiger partial charge in [0.1, 0.15) is 0 Å². The minimum atomic E-state index is -2.04. The minimum absolute atomic E-state index is 1.11. The van der Waals surface area contributed by atoms with Crippen molar-refractivity contribution >= 4 is 73.3 Å². The van der Waals surface area contributed by atoms with Gasteiger partial charge in [-0.15, -0.1) is 0 Å². The van der Waals surface area contributed by atoms with Crippen LogP contribution in [0.25, 0.3) is 0 Å². The summed E-state index contributed by atoms with van der Waals surface area (Å²) in [6.07, 6.45) is 0. The van der Waals surface area contributed by atoms with Gasteiger partial charge in [-0.05, 0) is 0 Å². The maximum atomic E-state index is 5.46. The van der Waals surface area contributed by atoms with Gasteiger partial charge in [0.15, 0.2) is 0 Å². The summed E-state index contributed by atoms with van der Waals surface area (Å²) >= 11 is 7.30. The average Bonchev–Trinajstić information content (AvgIpc) is 2.94. The van der Waals surface area contributed by atoms with Crippen molar-refractivity contribution in [1.29, 1.82) is 0 Å². The molecule has 1 aromatic heterocycles. The van der Waals surface area contributed by atoms with Crippen molar-refractivity contribution in [3.8, 4) is 0 Å². The number of nitrogens with zero attached hydrogens (tertiary/aromatic N) is 1. The molecule has 0 saturated carbocycles. The number of hydrogen-bond donors (Lipinski definition) is 0. The molecule has 166 valence electrons. The standard InChI is InChI=1S/C29H23NP2Se2/c33-31(24-14-5-1-6-15-24,25-16-7-2-8-17-25)28-22-13-23-29(30-28)32(34,26-18-9-3-10-19-26)27-20-11-4-12-21-27/h1-23H. The Morgan fingerprint density at radius 3 is 0.882 bits per heavy atom. The summed E-state index contributed by atoms with van der Waals surface area (Å²) in [6, 6.07) is 49.6. The van der Waals surface area contributed by atoms with Gasteiger partial charge in [-0.1, -0.05) is 0 Å². The van der Waals surface area contributed by atoms with Crippen LogP contribution in [0.2, 0.25) is 0 Å². The summed E-state index contributed by atoms with van der Waals surface area (Å²) in [7, 11) is 0. The molecule has 0 amide bonds. The number of benzene rings is 4. The van der Waals surface area contributed by atoms with E-state index in [-0.39, 0.29) is 0 Å². The van der Waals surface area contributed by atoms with Crippen LogP contribution in [-0.2, 0) is 0 Å². The first-order valence-electron chi connectivity index (χ1n) is 11.0. The average molecular weight is 605 g/mol. The Bertz CT molecular complexity index is 1290. The van der Waals surface area contributed by atoms with E-state index >= 15 is 0 Å². The molecule has 0 spiro atoms. The molecule has 0 unspecified atom stereocenters. The molecular formula is C29H23NP2Se2. The van der Waals surface area contributed by atoms with E-state index in [0.29, 0.717) is 0 Å². The van der Waals surface area contributed by atoms with E-state index in [1.165, 1.54) is 21.2 Å². The van der Waals surface area contributed by atoms with Gasteiger partial charge in [-0.25, -0.2) is 0 Å². The van der Waals surface area contributed by atoms with Crippen molar-refractivity contribution < 1.29 is 0 Å². The van der Waals surface area contributed by atoms with Crippen molar-refractivity contribution in [2.24, 2.45) is 0 Å². The van der Waals surface area contributed by atoms with E-state index in [0.717, 1.165) is 10.9 Å². The fourth-order valence-corrected chi connectivity index (χ4v) is 13.7. The summed E-state index contributed by atoms with van der Waals surface area (Å²) in [5.74, 6) is 0. The van der Waals surface area contributed by atoms with Gasteiger partial charge in [-0.3, -0.25) is 0 Å². The van der Waals surface area contributed by atoms with Gasteiger partial charge in [0.05, 0.1) is 0 Å². The summed E-state index contributed by atoms with van der Waals surface area (Å²) in [5, 5.41) is 5.15. The predicted molar refractivity (Wildman–Crippen MR) is 153 cm³/mol. The molecule has 0 atom stereocenters. The molecular weight excluding hydrogens is 582 g/mol. The third-order valence-corrected chi connectivity index (χ3v) is 19.4. The molecule has 0 aliphatic heterocycles.